The molecule has 0 unspecified atom stereocenters. The van der Waals surface area contributed by atoms with Crippen LogP contribution in [0, 0.1) is 0 Å². The van der Waals surface area contributed by atoms with E-state index < -0.39 is 32.5 Å². The van der Waals surface area contributed by atoms with E-state index >= 15 is 0 Å². The fraction of sp³-hybridized carbons (Fsp3) is 0.880. The maximum atomic E-state index is 12.0. The summed E-state index contributed by atoms with van der Waals surface area (Å²) in [6.45, 7) is 3.31. The van der Waals surface area contributed by atoms with Gasteiger partial charge in [0.15, 0.2) is 6.10 Å². The first-order chi connectivity index (χ1) is 17.1. The average Bonchev–Trinajstić information content (AvgIpc) is 2.80. The minimum absolute atomic E-state index is 0. The Morgan fingerprint density at radius 1 is 0.737 bits per heavy atom. The molecule has 0 spiro atoms. The van der Waals surface area contributed by atoms with Crippen molar-refractivity contribution < 1.29 is 102 Å². The molecule has 0 radical (unpaired) electrons. The molecule has 0 aromatic rings. The van der Waals surface area contributed by atoms with Crippen LogP contribution < -0.4 is 74.2 Å². The minimum atomic E-state index is -5.24. The van der Waals surface area contributed by atoms with Crippen LogP contribution in [0.5, 0.6) is 0 Å². The number of ether oxygens (including phenoxy) is 2. The molecule has 1 atom stereocenters. The Morgan fingerprint density at radius 3 is 1.71 bits per heavy atom. The Labute approximate surface area is 273 Å². The topological polar surface area (TPSA) is 154 Å². The molecule has 0 aliphatic heterocycles. The molecule has 0 heterocycles. The fourth-order valence-corrected chi connectivity index (χ4v) is 3.91. The van der Waals surface area contributed by atoms with Crippen molar-refractivity contribution in [3.63, 3.8) is 0 Å². The summed E-state index contributed by atoms with van der Waals surface area (Å²) < 4.78 is 25.3. The molecular weight excluding hydrogens is 535 g/mol. The van der Waals surface area contributed by atoms with Crippen LogP contribution in [0.25, 0.3) is 0 Å². The number of amides is 1. The number of phosphoric acid groups is 1. The first kappa shape index (κ1) is 43.0. The first-order valence-electron chi connectivity index (χ1n) is 13.4. The zero-order valence-electron chi connectivity index (χ0n) is 24.1. The van der Waals surface area contributed by atoms with E-state index in [1.165, 1.54) is 6.92 Å². The quantitative estimate of drug-likeness (QED) is 0.0573. The molecule has 0 aliphatic rings. The molecular formula is C25H46NNa2O9P. The van der Waals surface area contributed by atoms with Gasteiger partial charge in [0.25, 0.3) is 0 Å². The molecule has 0 rings (SSSR count). The summed E-state index contributed by atoms with van der Waals surface area (Å²) in [5, 5.41) is 2.79. The van der Waals surface area contributed by atoms with Crippen molar-refractivity contribution in [2.45, 2.75) is 123 Å². The number of carbonyl (C=O) groups excluding carboxylic acids is 3. The van der Waals surface area contributed by atoms with Crippen molar-refractivity contribution in [3.05, 3.63) is 0 Å². The number of phosphoric ester groups is 1. The number of hydrogen-bond acceptors (Lipinski definition) is 9. The zero-order chi connectivity index (χ0) is 27.1. The summed E-state index contributed by atoms with van der Waals surface area (Å²) in [5.41, 5.74) is 0. The summed E-state index contributed by atoms with van der Waals surface area (Å²) >= 11 is 0. The monoisotopic (exact) mass is 581 g/mol. The largest absolute Gasteiger partial charge is 1.00 e. The summed E-state index contributed by atoms with van der Waals surface area (Å²) in [6.07, 6.45) is 13.2. The van der Waals surface area contributed by atoms with Gasteiger partial charge in [-0.25, -0.2) is 0 Å². The molecule has 0 saturated heterocycles. The van der Waals surface area contributed by atoms with Gasteiger partial charge in [0.05, 0.1) is 14.4 Å². The zero-order valence-corrected chi connectivity index (χ0v) is 29.0. The van der Waals surface area contributed by atoms with E-state index in [0.29, 0.717) is 12.8 Å². The number of hydrogen-bond donors (Lipinski definition) is 1. The van der Waals surface area contributed by atoms with Crippen LogP contribution in [0.1, 0.15) is 117 Å². The minimum Gasteiger partial charge on any atom is -0.790 e. The predicted octanol–water partition coefficient (Wildman–Crippen LogP) is -2.31. The molecule has 0 aliphatic carbocycles. The van der Waals surface area contributed by atoms with E-state index in [4.69, 9.17) is 9.47 Å². The van der Waals surface area contributed by atoms with E-state index in [-0.39, 0.29) is 84.5 Å². The fourth-order valence-electron chi connectivity index (χ4n) is 3.56. The number of rotatable bonds is 24. The molecule has 0 saturated carbocycles. The van der Waals surface area contributed by atoms with Crippen molar-refractivity contribution in [3.8, 4) is 0 Å². The van der Waals surface area contributed by atoms with Gasteiger partial charge in [-0.05, 0) is 19.3 Å². The Morgan fingerprint density at radius 2 is 1.21 bits per heavy atom. The van der Waals surface area contributed by atoms with Crippen LogP contribution in [0.2, 0.25) is 0 Å². The summed E-state index contributed by atoms with van der Waals surface area (Å²) in [5.74, 6) is -1.01. The van der Waals surface area contributed by atoms with Gasteiger partial charge < -0.3 is 33.7 Å². The van der Waals surface area contributed by atoms with E-state index in [0.717, 1.165) is 83.6 Å². The third-order valence-corrected chi connectivity index (χ3v) is 6.03. The molecule has 0 aromatic carbocycles. The normalized spacial score (nSPS) is 11.6. The van der Waals surface area contributed by atoms with Gasteiger partial charge in [0, 0.05) is 26.3 Å². The second-order valence-electron chi connectivity index (χ2n) is 9.12. The van der Waals surface area contributed by atoms with E-state index in [9.17, 15) is 28.7 Å². The van der Waals surface area contributed by atoms with E-state index in [2.05, 4.69) is 16.8 Å². The second-order valence-corrected chi connectivity index (χ2v) is 10.3. The van der Waals surface area contributed by atoms with Gasteiger partial charge in [-0.1, -0.05) is 77.6 Å². The Kier molecular flexibility index (Phi) is 32.8. The van der Waals surface area contributed by atoms with Crippen molar-refractivity contribution in [1.82, 2.24) is 5.32 Å². The number of nitrogens with one attached hydrogen (secondary N) is 1. The SMILES string of the molecule is CCCCCCCC(=O)O[C@@H](COC(=O)CCCCCCCCCCCNC(C)=O)COP(=O)([O-])[O-].[Na+].[Na+]. The van der Waals surface area contributed by atoms with Crippen LogP contribution in [-0.4, -0.2) is 43.7 Å². The van der Waals surface area contributed by atoms with Crippen LogP contribution >= 0.6 is 7.82 Å². The molecule has 10 nitrogen and oxygen atoms in total. The Hall–Kier alpha value is 0.520. The van der Waals surface area contributed by atoms with Gasteiger partial charge in [0.2, 0.25) is 5.91 Å². The summed E-state index contributed by atoms with van der Waals surface area (Å²) in [4.78, 5) is 56.3. The Bertz CT molecular complexity index is 650. The molecule has 1 N–H and O–H groups in total. The maximum Gasteiger partial charge on any atom is 1.00 e. The second kappa shape index (κ2) is 29.0. The van der Waals surface area contributed by atoms with Crippen molar-refractivity contribution >= 4 is 25.7 Å². The van der Waals surface area contributed by atoms with Gasteiger partial charge >= 0.3 is 71.1 Å². The van der Waals surface area contributed by atoms with Crippen LogP contribution in [0.15, 0.2) is 0 Å². The van der Waals surface area contributed by atoms with E-state index in [1.807, 2.05) is 0 Å². The molecule has 38 heavy (non-hydrogen) atoms. The molecule has 212 valence electrons. The third-order valence-electron chi connectivity index (χ3n) is 5.56. The van der Waals surface area contributed by atoms with Crippen molar-refractivity contribution in [2.75, 3.05) is 19.8 Å². The molecule has 1 amide bonds. The van der Waals surface area contributed by atoms with E-state index in [1.54, 1.807) is 0 Å². The number of esters is 2. The third kappa shape index (κ3) is 32.7. The summed E-state index contributed by atoms with van der Waals surface area (Å²) in [7, 11) is -5.24. The van der Waals surface area contributed by atoms with Gasteiger partial charge in [-0.2, -0.15) is 0 Å². The standard InChI is InChI=1S/C25H48NO9P.2Na/c1-3-4-5-11-15-18-25(29)35-23(21-34-36(30,31)32)20-33-24(28)17-14-12-9-7-6-8-10-13-16-19-26-22(2)27;;/h23H,3-21H2,1-2H3,(H,26,27)(H2,30,31,32);;/q;2*+1/p-2/t23-;;/m0../s1. The van der Waals surface area contributed by atoms with Crippen LogP contribution in [0.4, 0.5) is 0 Å². The summed E-state index contributed by atoms with van der Waals surface area (Å²) in [6, 6.07) is 0. The Balaban J connectivity index is -0.00000612. The van der Waals surface area contributed by atoms with Crippen LogP contribution in [0.3, 0.4) is 0 Å². The van der Waals surface area contributed by atoms with Gasteiger partial charge in [0.1, 0.15) is 6.61 Å². The number of unbranched alkanes of at least 4 members (excludes halogenated alkanes) is 12. The molecule has 0 bridgehead atoms. The van der Waals surface area contributed by atoms with Gasteiger partial charge in [-0.15, -0.1) is 0 Å². The molecule has 0 aromatic heterocycles. The van der Waals surface area contributed by atoms with Crippen molar-refractivity contribution in [2.24, 2.45) is 0 Å². The van der Waals surface area contributed by atoms with Gasteiger partial charge in [-0.3, -0.25) is 14.4 Å². The number of carbonyl (C=O) groups is 3. The van der Waals surface area contributed by atoms with Crippen molar-refractivity contribution in [1.29, 1.82) is 0 Å². The molecule has 13 heteroatoms. The predicted molar refractivity (Wildman–Crippen MR) is 133 cm³/mol. The average molecular weight is 582 g/mol. The maximum absolute atomic E-state index is 12.0. The molecule has 0 fully saturated rings. The first-order valence-corrected chi connectivity index (χ1v) is 14.9. The van der Waals surface area contributed by atoms with Crippen LogP contribution in [-0.2, 0) is 32.9 Å². The smallest absolute Gasteiger partial charge is 0.790 e.